The molecule has 1 heterocycles. The summed E-state index contributed by atoms with van der Waals surface area (Å²) < 4.78 is 22.3. The molecule has 1 saturated heterocycles. The lowest BCUT2D eigenvalue weighted by Crippen LogP contribution is -2.45. The van der Waals surface area contributed by atoms with Crippen LogP contribution in [0.3, 0.4) is 0 Å². The van der Waals surface area contributed by atoms with Crippen molar-refractivity contribution >= 4 is 18.2 Å². The van der Waals surface area contributed by atoms with Gasteiger partial charge in [-0.15, -0.1) is 0 Å². The fourth-order valence-corrected chi connectivity index (χ4v) is 4.89. The van der Waals surface area contributed by atoms with Crippen LogP contribution in [0.4, 0.5) is 9.59 Å². The van der Waals surface area contributed by atoms with E-state index in [1.54, 1.807) is 20.8 Å². The van der Waals surface area contributed by atoms with Crippen molar-refractivity contribution in [3.63, 3.8) is 0 Å². The molecular formula is C35H50N2O7. The molecule has 242 valence electrons. The van der Waals surface area contributed by atoms with Crippen molar-refractivity contribution in [3.05, 3.63) is 65.7 Å². The van der Waals surface area contributed by atoms with E-state index in [2.05, 4.69) is 5.32 Å². The third-order valence-corrected chi connectivity index (χ3v) is 7.10. The Bertz CT molecular complexity index is 1180. The Morgan fingerprint density at radius 2 is 1.48 bits per heavy atom. The Hall–Kier alpha value is -3.75. The Morgan fingerprint density at radius 1 is 0.841 bits per heavy atom. The highest BCUT2D eigenvalue weighted by Gasteiger charge is 2.28. The van der Waals surface area contributed by atoms with Crippen LogP contribution in [0.15, 0.2) is 54.6 Å². The van der Waals surface area contributed by atoms with Crippen LogP contribution in [-0.4, -0.2) is 60.0 Å². The summed E-state index contributed by atoms with van der Waals surface area (Å²) in [6.45, 7) is 13.3. The summed E-state index contributed by atoms with van der Waals surface area (Å²) in [4.78, 5) is 39.5. The van der Waals surface area contributed by atoms with Gasteiger partial charge in [-0.1, -0.05) is 48.9 Å². The second-order valence-electron chi connectivity index (χ2n) is 13.4. The zero-order chi connectivity index (χ0) is 32.2. The van der Waals surface area contributed by atoms with Crippen molar-refractivity contribution in [2.45, 2.75) is 104 Å². The van der Waals surface area contributed by atoms with Gasteiger partial charge in [0.05, 0.1) is 6.61 Å². The molecule has 0 saturated carbocycles. The molecule has 1 unspecified atom stereocenters. The molecule has 1 N–H and O–H groups in total. The highest BCUT2D eigenvalue weighted by Crippen LogP contribution is 2.24. The molecule has 2 aromatic carbocycles. The van der Waals surface area contributed by atoms with E-state index < -0.39 is 29.3 Å². The van der Waals surface area contributed by atoms with Crippen LogP contribution in [0.2, 0.25) is 0 Å². The van der Waals surface area contributed by atoms with Gasteiger partial charge in [0.2, 0.25) is 0 Å². The number of nitrogens with one attached hydrogen (secondary N) is 1. The van der Waals surface area contributed by atoms with Gasteiger partial charge in [-0.2, -0.15) is 0 Å². The lowest BCUT2D eigenvalue weighted by Gasteiger charge is -2.33. The minimum atomic E-state index is -0.903. The summed E-state index contributed by atoms with van der Waals surface area (Å²) in [6.07, 6.45) is 4.51. The zero-order valence-corrected chi connectivity index (χ0v) is 27.2. The number of rotatable bonds is 12. The third-order valence-electron chi connectivity index (χ3n) is 7.10. The van der Waals surface area contributed by atoms with E-state index in [0.717, 1.165) is 62.1 Å². The van der Waals surface area contributed by atoms with Crippen LogP contribution < -0.4 is 10.1 Å². The first kappa shape index (κ1) is 34.7. The molecule has 44 heavy (non-hydrogen) atoms. The minimum Gasteiger partial charge on any atom is -0.494 e. The molecule has 0 aliphatic carbocycles. The minimum absolute atomic E-state index is 0.104. The normalized spacial score (nSPS) is 14.8. The summed E-state index contributed by atoms with van der Waals surface area (Å²) in [5.74, 6) is 0.851. The van der Waals surface area contributed by atoms with Gasteiger partial charge in [-0.3, -0.25) is 0 Å². The average Bonchev–Trinajstić information content (AvgIpc) is 2.95. The number of carbonyl (C=O) groups excluding carboxylic acids is 3. The smallest absolute Gasteiger partial charge is 0.410 e. The number of unbranched alkanes of at least 4 members (excludes halogenated alkanes) is 1. The van der Waals surface area contributed by atoms with Gasteiger partial charge < -0.3 is 29.2 Å². The maximum Gasteiger partial charge on any atom is 0.410 e. The molecular weight excluding hydrogens is 560 g/mol. The number of ether oxygens (including phenoxy) is 4. The molecule has 0 aromatic heterocycles. The summed E-state index contributed by atoms with van der Waals surface area (Å²) in [7, 11) is 0. The van der Waals surface area contributed by atoms with Crippen molar-refractivity contribution in [2.75, 3.05) is 19.7 Å². The van der Waals surface area contributed by atoms with Gasteiger partial charge in [0.1, 0.15) is 29.6 Å². The van der Waals surface area contributed by atoms with Gasteiger partial charge >= 0.3 is 18.2 Å². The standard InChI is InChI=1S/C35H50N2O7/c1-34(2,3)43-31(38)30(36-32(39)42-25-28-13-8-7-9-14-28)24-27-15-17-29(18-16-27)41-23-11-10-12-26-19-21-37(22-20-26)33(40)44-35(4,5)6/h7-9,13-18,26,30H,10-12,19-25H2,1-6H3,(H,36,39). The Kier molecular flexibility index (Phi) is 12.9. The van der Waals surface area contributed by atoms with Crippen LogP contribution in [0, 0.1) is 5.92 Å². The molecule has 9 nitrogen and oxygen atoms in total. The molecule has 0 spiro atoms. The van der Waals surface area contributed by atoms with E-state index in [9.17, 15) is 14.4 Å². The van der Waals surface area contributed by atoms with Gasteiger partial charge in [-0.05, 0) is 96.4 Å². The summed E-state index contributed by atoms with van der Waals surface area (Å²) >= 11 is 0. The van der Waals surface area contributed by atoms with E-state index in [0.29, 0.717) is 12.5 Å². The highest BCUT2D eigenvalue weighted by molar-refractivity contribution is 5.82. The van der Waals surface area contributed by atoms with Crippen LogP contribution in [0.25, 0.3) is 0 Å². The molecule has 1 fully saturated rings. The van der Waals surface area contributed by atoms with Crippen molar-refractivity contribution < 1.29 is 33.3 Å². The van der Waals surface area contributed by atoms with Gasteiger partial charge in [-0.25, -0.2) is 14.4 Å². The molecule has 0 radical (unpaired) electrons. The van der Waals surface area contributed by atoms with E-state index in [1.807, 2.05) is 80.3 Å². The number of hydrogen-bond acceptors (Lipinski definition) is 7. The number of esters is 1. The van der Waals surface area contributed by atoms with Crippen molar-refractivity contribution in [2.24, 2.45) is 5.92 Å². The first-order valence-corrected chi connectivity index (χ1v) is 15.7. The molecule has 3 rings (SSSR count). The van der Waals surface area contributed by atoms with Crippen molar-refractivity contribution in [1.82, 2.24) is 10.2 Å². The summed E-state index contributed by atoms with van der Waals surface area (Å²) in [5, 5.41) is 2.67. The number of amides is 2. The summed E-state index contributed by atoms with van der Waals surface area (Å²) in [5.41, 5.74) is 0.550. The number of alkyl carbamates (subject to hydrolysis) is 1. The van der Waals surface area contributed by atoms with Crippen molar-refractivity contribution in [3.8, 4) is 5.75 Å². The quantitative estimate of drug-likeness (QED) is 0.156. The topological polar surface area (TPSA) is 103 Å². The molecule has 0 bridgehead atoms. The number of nitrogens with zero attached hydrogens (tertiary/aromatic N) is 1. The molecule has 1 aliphatic heterocycles. The predicted molar refractivity (Wildman–Crippen MR) is 169 cm³/mol. The SMILES string of the molecule is CC(C)(C)OC(=O)C(Cc1ccc(OCCCCC2CCN(C(=O)OC(C)(C)C)CC2)cc1)NC(=O)OCc1ccccc1. The van der Waals surface area contributed by atoms with Gasteiger partial charge in [0.15, 0.2) is 0 Å². The predicted octanol–water partition coefficient (Wildman–Crippen LogP) is 7.06. The summed E-state index contributed by atoms with van der Waals surface area (Å²) in [6, 6.07) is 16.0. The zero-order valence-electron chi connectivity index (χ0n) is 27.2. The first-order chi connectivity index (χ1) is 20.8. The van der Waals surface area contributed by atoms with Crippen molar-refractivity contribution in [1.29, 1.82) is 0 Å². The van der Waals surface area contributed by atoms with Crippen LogP contribution >= 0.6 is 0 Å². The molecule has 2 amide bonds. The van der Waals surface area contributed by atoms with Gasteiger partial charge in [0.25, 0.3) is 0 Å². The van der Waals surface area contributed by atoms with E-state index in [1.165, 1.54) is 0 Å². The van der Waals surface area contributed by atoms with E-state index in [-0.39, 0.29) is 19.1 Å². The maximum atomic E-state index is 12.9. The average molecular weight is 611 g/mol. The number of hydrogen-bond donors (Lipinski definition) is 1. The fraction of sp³-hybridized carbons (Fsp3) is 0.571. The molecule has 2 aromatic rings. The largest absolute Gasteiger partial charge is 0.494 e. The molecule has 9 heteroatoms. The Balaban J connectivity index is 1.40. The number of likely N-dealkylation sites (tertiary alicyclic amines) is 1. The second kappa shape index (κ2) is 16.4. The van der Waals surface area contributed by atoms with Crippen LogP contribution in [0.5, 0.6) is 5.75 Å². The molecule has 1 atom stereocenters. The number of piperidine rings is 1. The monoisotopic (exact) mass is 610 g/mol. The first-order valence-electron chi connectivity index (χ1n) is 15.7. The lowest BCUT2D eigenvalue weighted by molar-refractivity contribution is -0.157. The van der Waals surface area contributed by atoms with Crippen LogP contribution in [0.1, 0.15) is 84.8 Å². The molecule has 1 aliphatic rings. The highest BCUT2D eigenvalue weighted by atomic mass is 16.6. The fourth-order valence-electron chi connectivity index (χ4n) is 4.89. The van der Waals surface area contributed by atoms with E-state index >= 15 is 0 Å². The Labute approximate surface area is 262 Å². The second-order valence-corrected chi connectivity index (χ2v) is 13.4. The van der Waals surface area contributed by atoms with E-state index in [4.69, 9.17) is 18.9 Å². The number of carbonyl (C=O) groups is 3. The maximum absolute atomic E-state index is 12.9. The third kappa shape index (κ3) is 13.3. The lowest BCUT2D eigenvalue weighted by atomic mass is 9.92. The number of benzene rings is 2. The van der Waals surface area contributed by atoms with Crippen LogP contribution in [-0.2, 0) is 32.0 Å². The van der Waals surface area contributed by atoms with Gasteiger partial charge in [0, 0.05) is 19.5 Å². The Morgan fingerprint density at radius 3 is 2.09 bits per heavy atom.